The Morgan fingerprint density at radius 3 is 2.22 bits per heavy atom. The van der Waals surface area contributed by atoms with Crippen molar-refractivity contribution in [2.24, 2.45) is 0 Å². The fraction of sp³-hybridized carbons (Fsp3) is 0.120. The van der Waals surface area contributed by atoms with Crippen LogP contribution in [0.2, 0.25) is 5.02 Å². The SMILES string of the molecule is CCOc1ccc(N2C(=O)C(=O)/C(=C(/O)c3ccc(Br)cc3)C2c2ccc(Cl)cc2)cc1. The molecule has 3 aromatic carbocycles. The summed E-state index contributed by atoms with van der Waals surface area (Å²) >= 11 is 9.42. The number of anilines is 1. The second kappa shape index (κ2) is 9.18. The molecule has 0 saturated carbocycles. The Bertz CT molecular complexity index is 1190. The summed E-state index contributed by atoms with van der Waals surface area (Å²) in [4.78, 5) is 27.6. The predicted octanol–water partition coefficient (Wildman–Crippen LogP) is 6.13. The minimum absolute atomic E-state index is 0.0218. The number of nitrogens with zero attached hydrogens (tertiary/aromatic N) is 1. The molecule has 0 spiro atoms. The Hall–Kier alpha value is -3.09. The fourth-order valence-electron chi connectivity index (χ4n) is 3.69. The topological polar surface area (TPSA) is 66.8 Å². The van der Waals surface area contributed by atoms with Gasteiger partial charge in [0, 0.05) is 20.7 Å². The molecule has 1 fully saturated rings. The molecule has 0 bridgehead atoms. The molecule has 7 heteroatoms. The zero-order valence-electron chi connectivity index (χ0n) is 17.1. The molecule has 1 unspecified atom stereocenters. The van der Waals surface area contributed by atoms with Crippen molar-refractivity contribution in [2.75, 3.05) is 11.5 Å². The van der Waals surface area contributed by atoms with Gasteiger partial charge in [-0.2, -0.15) is 0 Å². The van der Waals surface area contributed by atoms with Gasteiger partial charge in [0.15, 0.2) is 0 Å². The van der Waals surface area contributed by atoms with Crippen molar-refractivity contribution in [2.45, 2.75) is 13.0 Å². The number of rotatable bonds is 5. The number of aliphatic hydroxyl groups is 1. The standard InChI is InChI=1S/C25H19BrClNO4/c1-2-32-20-13-11-19(12-14-20)28-22(15-5-9-18(27)10-6-15)21(24(30)25(28)31)23(29)16-3-7-17(26)8-4-16/h3-14,22,29H,2H2,1H3/b23-21+. The van der Waals surface area contributed by atoms with Gasteiger partial charge in [-0.05, 0) is 61.0 Å². The molecule has 0 aromatic heterocycles. The lowest BCUT2D eigenvalue weighted by Gasteiger charge is -2.25. The summed E-state index contributed by atoms with van der Waals surface area (Å²) in [5, 5.41) is 11.6. The van der Waals surface area contributed by atoms with E-state index in [4.69, 9.17) is 16.3 Å². The van der Waals surface area contributed by atoms with Crippen molar-refractivity contribution in [3.05, 3.63) is 99.0 Å². The Labute approximate surface area is 199 Å². The van der Waals surface area contributed by atoms with Crippen LogP contribution in [0.1, 0.15) is 24.1 Å². The molecule has 1 atom stereocenters. The van der Waals surface area contributed by atoms with Crippen molar-refractivity contribution in [3.63, 3.8) is 0 Å². The molecule has 5 nitrogen and oxygen atoms in total. The predicted molar refractivity (Wildman–Crippen MR) is 128 cm³/mol. The van der Waals surface area contributed by atoms with E-state index in [1.54, 1.807) is 72.8 Å². The van der Waals surface area contributed by atoms with E-state index in [1.807, 2.05) is 6.92 Å². The van der Waals surface area contributed by atoms with Crippen molar-refractivity contribution >= 4 is 50.7 Å². The van der Waals surface area contributed by atoms with Crippen LogP contribution in [0.4, 0.5) is 5.69 Å². The van der Waals surface area contributed by atoms with Crippen LogP contribution in [-0.2, 0) is 9.59 Å². The summed E-state index contributed by atoms with van der Waals surface area (Å²) in [6.07, 6.45) is 0. The van der Waals surface area contributed by atoms with E-state index >= 15 is 0 Å². The molecule has 1 N–H and O–H groups in total. The van der Waals surface area contributed by atoms with E-state index in [0.717, 1.165) is 4.47 Å². The first kappa shape index (κ1) is 22.1. The number of halogens is 2. The van der Waals surface area contributed by atoms with Crippen LogP contribution in [-0.4, -0.2) is 23.4 Å². The first-order valence-corrected chi connectivity index (χ1v) is 11.1. The van der Waals surface area contributed by atoms with Crippen LogP contribution in [0.5, 0.6) is 5.75 Å². The van der Waals surface area contributed by atoms with E-state index in [0.29, 0.717) is 34.2 Å². The molecule has 162 valence electrons. The van der Waals surface area contributed by atoms with E-state index in [9.17, 15) is 14.7 Å². The van der Waals surface area contributed by atoms with Gasteiger partial charge in [-0.15, -0.1) is 0 Å². The molecule has 3 aromatic rings. The largest absolute Gasteiger partial charge is 0.507 e. The normalized spacial score (nSPS) is 17.6. The highest BCUT2D eigenvalue weighted by atomic mass is 79.9. The van der Waals surface area contributed by atoms with Crippen LogP contribution in [0, 0.1) is 0 Å². The number of hydrogen-bond acceptors (Lipinski definition) is 4. The third-order valence-corrected chi connectivity index (χ3v) is 5.95. The Morgan fingerprint density at radius 1 is 1.00 bits per heavy atom. The lowest BCUT2D eigenvalue weighted by atomic mass is 9.95. The monoisotopic (exact) mass is 511 g/mol. The maximum absolute atomic E-state index is 13.1. The summed E-state index contributed by atoms with van der Waals surface area (Å²) in [7, 11) is 0. The van der Waals surface area contributed by atoms with Crippen molar-refractivity contribution in [3.8, 4) is 5.75 Å². The minimum atomic E-state index is -0.811. The number of amides is 1. The number of aliphatic hydroxyl groups excluding tert-OH is 1. The highest BCUT2D eigenvalue weighted by Crippen LogP contribution is 2.42. The minimum Gasteiger partial charge on any atom is -0.507 e. The first-order valence-electron chi connectivity index (χ1n) is 9.96. The molecular weight excluding hydrogens is 494 g/mol. The van der Waals surface area contributed by atoms with Crippen LogP contribution in [0.25, 0.3) is 5.76 Å². The number of carbonyl (C=O) groups excluding carboxylic acids is 2. The van der Waals surface area contributed by atoms with E-state index in [2.05, 4.69) is 15.9 Å². The van der Waals surface area contributed by atoms with E-state index in [1.165, 1.54) is 4.90 Å². The summed E-state index contributed by atoms with van der Waals surface area (Å²) in [6.45, 7) is 2.40. The van der Waals surface area contributed by atoms with Gasteiger partial charge in [-0.3, -0.25) is 14.5 Å². The number of hydrogen-bond donors (Lipinski definition) is 1. The Balaban J connectivity index is 1.88. The summed E-state index contributed by atoms with van der Waals surface area (Å²) in [5.74, 6) is -1.04. The van der Waals surface area contributed by atoms with E-state index in [-0.39, 0.29) is 11.3 Å². The van der Waals surface area contributed by atoms with Gasteiger partial charge in [-0.25, -0.2) is 0 Å². The van der Waals surface area contributed by atoms with Gasteiger partial charge >= 0.3 is 0 Å². The highest BCUT2D eigenvalue weighted by Gasteiger charge is 2.46. The highest BCUT2D eigenvalue weighted by molar-refractivity contribution is 9.10. The average molecular weight is 513 g/mol. The molecule has 1 saturated heterocycles. The lowest BCUT2D eigenvalue weighted by molar-refractivity contribution is -0.132. The zero-order chi connectivity index (χ0) is 22.8. The van der Waals surface area contributed by atoms with Crippen LogP contribution < -0.4 is 9.64 Å². The van der Waals surface area contributed by atoms with Gasteiger partial charge < -0.3 is 9.84 Å². The van der Waals surface area contributed by atoms with Gasteiger partial charge in [0.1, 0.15) is 11.5 Å². The van der Waals surface area contributed by atoms with Gasteiger partial charge in [0.05, 0.1) is 18.2 Å². The number of ether oxygens (including phenoxy) is 1. The van der Waals surface area contributed by atoms with E-state index < -0.39 is 17.7 Å². The van der Waals surface area contributed by atoms with Crippen LogP contribution in [0.3, 0.4) is 0 Å². The van der Waals surface area contributed by atoms with Gasteiger partial charge in [0.2, 0.25) is 0 Å². The first-order chi connectivity index (χ1) is 15.4. The van der Waals surface area contributed by atoms with Crippen molar-refractivity contribution in [1.82, 2.24) is 0 Å². The summed E-state index contributed by atoms with van der Waals surface area (Å²) in [6, 6.07) is 19.9. The molecule has 1 heterocycles. The molecule has 32 heavy (non-hydrogen) atoms. The zero-order valence-corrected chi connectivity index (χ0v) is 19.4. The number of carbonyl (C=O) groups is 2. The third kappa shape index (κ3) is 4.16. The number of Topliss-reactive ketones (excluding diaryl/α,β-unsaturated/α-hetero) is 1. The van der Waals surface area contributed by atoms with Gasteiger partial charge in [-0.1, -0.05) is 51.8 Å². The molecule has 1 amide bonds. The second-order valence-electron chi connectivity index (χ2n) is 7.15. The average Bonchev–Trinajstić information content (AvgIpc) is 3.06. The Kier molecular flexibility index (Phi) is 6.35. The molecule has 1 aliphatic heterocycles. The lowest BCUT2D eigenvalue weighted by Crippen LogP contribution is -2.29. The maximum atomic E-state index is 13.1. The van der Waals surface area contributed by atoms with Crippen molar-refractivity contribution < 1.29 is 19.4 Å². The molecule has 4 rings (SSSR count). The maximum Gasteiger partial charge on any atom is 0.300 e. The van der Waals surface area contributed by atoms with Crippen LogP contribution in [0.15, 0.2) is 82.8 Å². The second-order valence-corrected chi connectivity index (χ2v) is 8.51. The fourth-order valence-corrected chi connectivity index (χ4v) is 4.08. The molecule has 0 radical (unpaired) electrons. The quantitative estimate of drug-likeness (QED) is 0.254. The van der Waals surface area contributed by atoms with Gasteiger partial charge in [0.25, 0.3) is 11.7 Å². The number of benzene rings is 3. The molecule has 1 aliphatic rings. The molecule has 0 aliphatic carbocycles. The molecular formula is C25H19BrClNO4. The van der Waals surface area contributed by atoms with Crippen LogP contribution >= 0.6 is 27.5 Å². The summed E-state index contributed by atoms with van der Waals surface area (Å²) < 4.78 is 6.32. The van der Waals surface area contributed by atoms with Crippen molar-refractivity contribution in [1.29, 1.82) is 0 Å². The smallest absolute Gasteiger partial charge is 0.300 e. The Morgan fingerprint density at radius 2 is 1.62 bits per heavy atom. The summed E-state index contributed by atoms with van der Waals surface area (Å²) in [5.41, 5.74) is 1.64. The number of ketones is 1. The third-order valence-electron chi connectivity index (χ3n) is 5.17.